The fourth-order valence-electron chi connectivity index (χ4n) is 4.14. The van der Waals surface area contributed by atoms with E-state index in [1.165, 1.54) is 5.56 Å². The van der Waals surface area contributed by atoms with Crippen LogP contribution in [0.15, 0.2) is 48.5 Å². The SMILES string of the molecule is Cc1ccc2[nH]c(C)c(CC(=O)N3CCC(C(=O)Nc4ccccc4)CC3)c2c1. The number of anilines is 1. The fourth-order valence-corrected chi connectivity index (χ4v) is 4.14. The van der Waals surface area contributed by atoms with Crippen LogP contribution in [0.5, 0.6) is 0 Å². The molecule has 0 saturated carbocycles. The Kier molecular flexibility index (Phi) is 5.38. The van der Waals surface area contributed by atoms with Gasteiger partial charge in [-0.2, -0.15) is 0 Å². The van der Waals surface area contributed by atoms with E-state index in [0.29, 0.717) is 32.4 Å². The van der Waals surface area contributed by atoms with Crippen LogP contribution in [0, 0.1) is 19.8 Å². The van der Waals surface area contributed by atoms with Crippen molar-refractivity contribution in [1.29, 1.82) is 0 Å². The van der Waals surface area contributed by atoms with Crippen molar-refractivity contribution in [2.24, 2.45) is 5.92 Å². The van der Waals surface area contributed by atoms with Gasteiger partial charge in [-0.05, 0) is 56.5 Å². The molecule has 150 valence electrons. The predicted octanol–water partition coefficient (Wildman–Crippen LogP) is 4.20. The second kappa shape index (κ2) is 8.11. The lowest BCUT2D eigenvalue weighted by Crippen LogP contribution is -2.42. The van der Waals surface area contributed by atoms with Crippen LogP contribution in [-0.4, -0.2) is 34.8 Å². The molecule has 0 spiro atoms. The molecule has 0 unspecified atom stereocenters. The molecule has 0 bridgehead atoms. The minimum absolute atomic E-state index is 0.0447. The number of hydrogen-bond donors (Lipinski definition) is 2. The predicted molar refractivity (Wildman–Crippen MR) is 116 cm³/mol. The number of nitrogens with one attached hydrogen (secondary N) is 2. The summed E-state index contributed by atoms with van der Waals surface area (Å²) < 4.78 is 0. The number of hydrogen-bond acceptors (Lipinski definition) is 2. The molecule has 5 nitrogen and oxygen atoms in total. The van der Waals surface area contributed by atoms with E-state index < -0.39 is 0 Å². The number of fused-ring (bicyclic) bond motifs is 1. The third kappa shape index (κ3) is 4.19. The Morgan fingerprint density at radius 3 is 2.52 bits per heavy atom. The van der Waals surface area contributed by atoms with Gasteiger partial charge in [-0.15, -0.1) is 0 Å². The number of benzene rings is 2. The summed E-state index contributed by atoms with van der Waals surface area (Å²) in [4.78, 5) is 30.7. The van der Waals surface area contributed by atoms with Crippen molar-refractivity contribution in [1.82, 2.24) is 9.88 Å². The van der Waals surface area contributed by atoms with Crippen LogP contribution in [0.2, 0.25) is 0 Å². The number of nitrogens with zero attached hydrogens (tertiary/aromatic N) is 1. The number of carbonyl (C=O) groups is 2. The number of likely N-dealkylation sites (tertiary alicyclic amines) is 1. The number of aryl methyl sites for hydroxylation is 2. The third-order valence-corrected chi connectivity index (χ3v) is 5.86. The van der Waals surface area contributed by atoms with Crippen molar-refractivity contribution in [2.45, 2.75) is 33.1 Å². The van der Waals surface area contributed by atoms with Gasteiger partial charge >= 0.3 is 0 Å². The van der Waals surface area contributed by atoms with E-state index in [1.54, 1.807) is 0 Å². The van der Waals surface area contributed by atoms with Crippen molar-refractivity contribution in [3.05, 3.63) is 65.4 Å². The number of aromatic nitrogens is 1. The number of rotatable bonds is 4. The molecule has 2 heterocycles. The highest BCUT2D eigenvalue weighted by molar-refractivity contribution is 5.93. The third-order valence-electron chi connectivity index (χ3n) is 5.86. The number of amides is 2. The van der Waals surface area contributed by atoms with Crippen molar-refractivity contribution < 1.29 is 9.59 Å². The average molecular weight is 389 g/mol. The first kappa shape index (κ1) is 19.2. The van der Waals surface area contributed by atoms with Gasteiger partial charge in [0.1, 0.15) is 0 Å². The molecule has 3 aromatic rings. The molecule has 4 rings (SSSR count). The summed E-state index contributed by atoms with van der Waals surface area (Å²) in [6.07, 6.45) is 1.81. The second-order valence-electron chi connectivity index (χ2n) is 7.96. The zero-order chi connectivity index (χ0) is 20.4. The molecule has 2 aromatic carbocycles. The minimum Gasteiger partial charge on any atom is -0.358 e. The molecule has 29 heavy (non-hydrogen) atoms. The second-order valence-corrected chi connectivity index (χ2v) is 7.96. The Morgan fingerprint density at radius 1 is 1.07 bits per heavy atom. The smallest absolute Gasteiger partial charge is 0.227 e. The monoisotopic (exact) mass is 389 g/mol. The van der Waals surface area contributed by atoms with Crippen molar-refractivity contribution in [3.63, 3.8) is 0 Å². The molecule has 1 aromatic heterocycles. The van der Waals surface area contributed by atoms with Crippen LogP contribution in [0.4, 0.5) is 5.69 Å². The van der Waals surface area contributed by atoms with Gasteiger partial charge in [-0.1, -0.05) is 29.8 Å². The number of piperidine rings is 1. The maximum Gasteiger partial charge on any atom is 0.227 e. The Hall–Kier alpha value is -3.08. The van der Waals surface area contributed by atoms with Crippen LogP contribution in [0.25, 0.3) is 10.9 Å². The maximum absolute atomic E-state index is 12.9. The lowest BCUT2D eigenvalue weighted by atomic mass is 9.95. The topological polar surface area (TPSA) is 65.2 Å². The first-order valence-electron chi connectivity index (χ1n) is 10.2. The van der Waals surface area contributed by atoms with Gasteiger partial charge in [0.05, 0.1) is 6.42 Å². The summed E-state index contributed by atoms with van der Waals surface area (Å²) in [6.45, 7) is 5.36. The van der Waals surface area contributed by atoms with E-state index in [0.717, 1.165) is 27.8 Å². The van der Waals surface area contributed by atoms with Crippen molar-refractivity contribution in [2.75, 3.05) is 18.4 Å². The Bertz CT molecular complexity index is 1030. The van der Waals surface area contributed by atoms with Crippen LogP contribution in [0.3, 0.4) is 0 Å². The molecular formula is C24H27N3O2. The summed E-state index contributed by atoms with van der Waals surface area (Å²) >= 11 is 0. The van der Waals surface area contributed by atoms with Crippen molar-refractivity contribution >= 4 is 28.4 Å². The highest BCUT2D eigenvalue weighted by Crippen LogP contribution is 2.26. The highest BCUT2D eigenvalue weighted by Gasteiger charge is 2.28. The molecular weight excluding hydrogens is 362 g/mol. The fraction of sp³-hybridized carbons (Fsp3) is 0.333. The maximum atomic E-state index is 12.9. The molecule has 5 heteroatoms. The standard InChI is InChI=1S/C24H27N3O2/c1-16-8-9-22-21(14-16)20(17(2)25-22)15-23(28)27-12-10-18(11-13-27)24(29)26-19-6-4-3-5-7-19/h3-9,14,18,25H,10-13,15H2,1-2H3,(H,26,29). The van der Waals surface area contributed by atoms with Crippen LogP contribution in [0.1, 0.15) is 29.7 Å². The average Bonchev–Trinajstić information content (AvgIpc) is 3.03. The van der Waals surface area contributed by atoms with Crippen LogP contribution < -0.4 is 5.32 Å². The number of H-pyrrole nitrogens is 1. The lowest BCUT2D eigenvalue weighted by molar-refractivity contribution is -0.133. The van der Waals surface area contributed by atoms with E-state index in [9.17, 15) is 9.59 Å². The summed E-state index contributed by atoms with van der Waals surface area (Å²) in [5, 5.41) is 4.11. The largest absolute Gasteiger partial charge is 0.358 e. The van der Waals surface area contributed by atoms with Gasteiger partial charge in [-0.3, -0.25) is 9.59 Å². The normalized spacial score (nSPS) is 14.9. The molecule has 1 fully saturated rings. The number of para-hydroxylation sites is 1. The zero-order valence-electron chi connectivity index (χ0n) is 17.0. The van der Waals surface area contributed by atoms with Gasteiger partial charge in [0.15, 0.2) is 0 Å². The van der Waals surface area contributed by atoms with Gasteiger partial charge in [0.25, 0.3) is 0 Å². The van der Waals surface area contributed by atoms with Crippen molar-refractivity contribution in [3.8, 4) is 0 Å². The van der Waals surface area contributed by atoms with Gasteiger partial charge in [-0.25, -0.2) is 0 Å². The van der Waals surface area contributed by atoms with E-state index in [1.807, 2.05) is 42.2 Å². The van der Waals surface area contributed by atoms with Gasteiger partial charge in [0, 0.05) is 41.3 Å². The minimum atomic E-state index is -0.0447. The highest BCUT2D eigenvalue weighted by atomic mass is 16.2. The van der Waals surface area contributed by atoms with Crippen LogP contribution >= 0.6 is 0 Å². The summed E-state index contributed by atoms with van der Waals surface area (Å²) in [5.41, 5.74) is 5.22. The van der Waals surface area contributed by atoms with Crippen LogP contribution in [-0.2, 0) is 16.0 Å². The number of aromatic amines is 1. The summed E-state index contributed by atoms with van der Waals surface area (Å²) in [7, 11) is 0. The molecule has 0 radical (unpaired) electrons. The molecule has 2 amide bonds. The quantitative estimate of drug-likeness (QED) is 0.702. The van der Waals surface area contributed by atoms with E-state index in [2.05, 4.69) is 35.4 Å². The molecule has 1 aliphatic rings. The molecule has 1 aliphatic heterocycles. The Morgan fingerprint density at radius 2 is 1.79 bits per heavy atom. The summed E-state index contributed by atoms with van der Waals surface area (Å²) in [6, 6.07) is 15.8. The lowest BCUT2D eigenvalue weighted by Gasteiger charge is -2.31. The first-order valence-corrected chi connectivity index (χ1v) is 10.2. The first-order chi connectivity index (χ1) is 14.0. The number of carbonyl (C=O) groups excluding carboxylic acids is 2. The van der Waals surface area contributed by atoms with Gasteiger partial charge < -0.3 is 15.2 Å². The van der Waals surface area contributed by atoms with E-state index >= 15 is 0 Å². The van der Waals surface area contributed by atoms with E-state index in [4.69, 9.17) is 0 Å². The molecule has 1 saturated heterocycles. The Labute approximate surface area is 171 Å². The Balaban J connectivity index is 1.37. The van der Waals surface area contributed by atoms with Gasteiger partial charge in [0.2, 0.25) is 11.8 Å². The summed E-state index contributed by atoms with van der Waals surface area (Å²) in [5.74, 6) is 0.139. The zero-order valence-corrected chi connectivity index (χ0v) is 17.0. The molecule has 2 N–H and O–H groups in total. The molecule has 0 atom stereocenters. The molecule has 0 aliphatic carbocycles. The van der Waals surface area contributed by atoms with E-state index in [-0.39, 0.29) is 17.7 Å².